The van der Waals surface area contributed by atoms with Crippen LogP contribution >= 0.6 is 11.6 Å². The normalized spacial score (nSPS) is 10.6. The molecule has 0 radical (unpaired) electrons. The highest BCUT2D eigenvalue weighted by Crippen LogP contribution is 2.36. The molecule has 1 aromatic heterocycles. The van der Waals surface area contributed by atoms with E-state index in [2.05, 4.69) is 10.3 Å². The minimum atomic E-state index is -0.699. The number of carbonyl (C=O) groups is 1. The number of nitrogens with zero attached hydrogens (tertiary/aromatic N) is 3. The Hall–Kier alpha value is -3.13. The molecule has 0 aliphatic carbocycles. The highest BCUT2D eigenvalue weighted by atomic mass is 35.5. The van der Waals surface area contributed by atoms with E-state index in [9.17, 15) is 9.59 Å². The lowest BCUT2D eigenvalue weighted by Crippen LogP contribution is -2.26. The average molecular weight is 376 g/mol. The molecule has 0 saturated heterocycles. The lowest BCUT2D eigenvalue weighted by molar-refractivity contribution is 0.0335. The van der Waals surface area contributed by atoms with E-state index in [0.717, 1.165) is 4.68 Å². The van der Waals surface area contributed by atoms with Crippen LogP contribution in [0.5, 0.6) is 11.5 Å². The number of halogens is 1. The molecule has 1 heterocycles. The van der Waals surface area contributed by atoms with Crippen molar-refractivity contribution in [1.29, 1.82) is 0 Å². The highest BCUT2D eigenvalue weighted by molar-refractivity contribution is 6.32. The minimum absolute atomic E-state index is 0.148. The maximum absolute atomic E-state index is 12.3. The molecule has 0 atom stereocenters. The Kier molecular flexibility index (Phi) is 5.04. The number of rotatable bonds is 5. The van der Waals surface area contributed by atoms with Crippen molar-refractivity contribution < 1.29 is 19.0 Å². The van der Waals surface area contributed by atoms with Gasteiger partial charge >= 0.3 is 5.97 Å². The summed E-state index contributed by atoms with van der Waals surface area (Å²) in [4.78, 5) is 24.6. The van der Waals surface area contributed by atoms with Crippen LogP contribution < -0.4 is 15.0 Å². The first-order valence-corrected chi connectivity index (χ1v) is 7.84. The van der Waals surface area contributed by atoms with Gasteiger partial charge in [0, 0.05) is 0 Å². The first-order chi connectivity index (χ1) is 12.5. The van der Waals surface area contributed by atoms with Crippen LogP contribution in [0.1, 0.15) is 10.4 Å². The van der Waals surface area contributed by atoms with Gasteiger partial charge in [0.1, 0.15) is 5.52 Å². The SMILES string of the molecule is COc1cc(C(=O)OCn2nnc3ccccc3c2=O)cc(Cl)c1OC. The predicted octanol–water partition coefficient (Wildman–Crippen LogP) is 2.28. The number of hydrogen-bond donors (Lipinski definition) is 0. The van der Waals surface area contributed by atoms with Gasteiger partial charge in [-0.25, -0.2) is 4.79 Å². The first kappa shape index (κ1) is 17.7. The fourth-order valence-electron chi connectivity index (χ4n) is 2.35. The molecule has 0 aliphatic rings. The largest absolute Gasteiger partial charge is 0.493 e. The molecule has 8 nitrogen and oxygen atoms in total. The number of ether oxygens (including phenoxy) is 3. The molecule has 3 aromatic rings. The summed E-state index contributed by atoms with van der Waals surface area (Å²) in [6.07, 6.45) is 0. The molecule has 0 unspecified atom stereocenters. The zero-order valence-corrected chi connectivity index (χ0v) is 14.7. The number of fused-ring (bicyclic) bond motifs is 1. The number of methoxy groups -OCH3 is 2. The van der Waals surface area contributed by atoms with Crippen LogP contribution in [0.3, 0.4) is 0 Å². The molecular formula is C17H14ClN3O5. The second kappa shape index (κ2) is 7.40. The Morgan fingerprint density at radius 3 is 2.69 bits per heavy atom. The van der Waals surface area contributed by atoms with Gasteiger partial charge in [-0.2, -0.15) is 4.68 Å². The van der Waals surface area contributed by atoms with E-state index in [1.807, 2.05) is 0 Å². The monoisotopic (exact) mass is 375 g/mol. The van der Waals surface area contributed by atoms with Gasteiger partial charge in [0.2, 0.25) is 0 Å². The number of carbonyl (C=O) groups excluding carboxylic acids is 1. The fraction of sp³-hybridized carbons (Fsp3) is 0.176. The van der Waals surface area contributed by atoms with Crippen LogP contribution in [-0.4, -0.2) is 35.2 Å². The van der Waals surface area contributed by atoms with Crippen LogP contribution in [0.25, 0.3) is 10.9 Å². The smallest absolute Gasteiger partial charge is 0.340 e. The van der Waals surface area contributed by atoms with Gasteiger partial charge in [0.15, 0.2) is 18.2 Å². The quantitative estimate of drug-likeness (QED) is 0.631. The second-order valence-electron chi connectivity index (χ2n) is 5.17. The number of esters is 1. The van der Waals surface area contributed by atoms with Gasteiger partial charge < -0.3 is 14.2 Å². The zero-order chi connectivity index (χ0) is 18.7. The fourth-order valence-corrected chi connectivity index (χ4v) is 2.63. The van der Waals surface area contributed by atoms with Crippen LogP contribution in [0.15, 0.2) is 41.2 Å². The van der Waals surface area contributed by atoms with Crippen molar-refractivity contribution in [3.8, 4) is 11.5 Å². The van der Waals surface area contributed by atoms with E-state index in [1.54, 1.807) is 24.3 Å². The van der Waals surface area contributed by atoms with Crippen molar-refractivity contribution in [3.63, 3.8) is 0 Å². The van der Waals surface area contributed by atoms with Gasteiger partial charge in [-0.05, 0) is 24.3 Å². The van der Waals surface area contributed by atoms with Crippen molar-refractivity contribution in [2.75, 3.05) is 14.2 Å². The number of hydrogen-bond acceptors (Lipinski definition) is 7. The maximum atomic E-state index is 12.3. The molecule has 0 saturated carbocycles. The summed E-state index contributed by atoms with van der Waals surface area (Å²) in [5, 5.41) is 8.26. The Morgan fingerprint density at radius 2 is 1.96 bits per heavy atom. The molecule has 2 aromatic carbocycles. The van der Waals surface area contributed by atoms with Gasteiger partial charge in [0.05, 0.1) is 30.2 Å². The molecule has 0 N–H and O–H groups in total. The Labute approximate surface area is 152 Å². The predicted molar refractivity (Wildman–Crippen MR) is 93.8 cm³/mol. The van der Waals surface area contributed by atoms with Gasteiger partial charge in [-0.15, -0.1) is 5.10 Å². The molecule has 0 spiro atoms. The van der Waals surface area contributed by atoms with E-state index < -0.39 is 11.5 Å². The van der Waals surface area contributed by atoms with Crippen molar-refractivity contribution in [1.82, 2.24) is 15.0 Å². The molecule has 9 heteroatoms. The number of benzene rings is 2. The van der Waals surface area contributed by atoms with Crippen LogP contribution in [0.2, 0.25) is 5.02 Å². The maximum Gasteiger partial charge on any atom is 0.340 e. The van der Waals surface area contributed by atoms with Crippen molar-refractivity contribution in [2.24, 2.45) is 0 Å². The third-order valence-corrected chi connectivity index (χ3v) is 3.90. The van der Waals surface area contributed by atoms with Crippen LogP contribution in [-0.2, 0) is 11.5 Å². The number of aromatic nitrogens is 3. The van der Waals surface area contributed by atoms with E-state index in [-0.39, 0.29) is 23.1 Å². The Bertz CT molecular complexity index is 1030. The average Bonchev–Trinajstić information content (AvgIpc) is 2.66. The topological polar surface area (TPSA) is 92.5 Å². The van der Waals surface area contributed by atoms with Gasteiger partial charge in [0.25, 0.3) is 5.56 Å². The second-order valence-corrected chi connectivity index (χ2v) is 5.57. The highest BCUT2D eigenvalue weighted by Gasteiger charge is 2.17. The first-order valence-electron chi connectivity index (χ1n) is 7.46. The molecular weight excluding hydrogens is 362 g/mol. The van der Waals surface area contributed by atoms with Crippen molar-refractivity contribution >= 4 is 28.5 Å². The van der Waals surface area contributed by atoms with E-state index in [0.29, 0.717) is 16.7 Å². The summed E-state index contributed by atoms with van der Waals surface area (Å²) in [6.45, 7) is -0.387. The Morgan fingerprint density at radius 1 is 1.19 bits per heavy atom. The lowest BCUT2D eigenvalue weighted by Gasteiger charge is -2.11. The zero-order valence-electron chi connectivity index (χ0n) is 13.9. The third kappa shape index (κ3) is 3.31. The summed E-state index contributed by atoms with van der Waals surface area (Å²) in [6, 6.07) is 9.58. The Balaban J connectivity index is 1.82. The van der Waals surface area contributed by atoms with E-state index in [1.165, 1.54) is 26.4 Å². The van der Waals surface area contributed by atoms with Gasteiger partial charge in [-0.3, -0.25) is 4.79 Å². The summed E-state index contributed by atoms with van der Waals surface area (Å²) in [5.74, 6) is -0.105. The summed E-state index contributed by atoms with van der Waals surface area (Å²) >= 11 is 6.07. The standard InChI is InChI=1S/C17H14ClN3O5/c1-24-14-8-10(7-12(18)15(14)25-2)17(23)26-9-21-16(22)11-5-3-4-6-13(11)19-20-21/h3-8H,9H2,1-2H3. The molecule has 0 bridgehead atoms. The molecule has 0 amide bonds. The molecule has 0 aliphatic heterocycles. The molecule has 26 heavy (non-hydrogen) atoms. The minimum Gasteiger partial charge on any atom is -0.493 e. The van der Waals surface area contributed by atoms with Gasteiger partial charge in [-0.1, -0.05) is 28.9 Å². The lowest BCUT2D eigenvalue weighted by atomic mass is 10.2. The van der Waals surface area contributed by atoms with Crippen molar-refractivity contribution in [3.05, 3.63) is 57.3 Å². The van der Waals surface area contributed by atoms with E-state index >= 15 is 0 Å². The summed E-state index contributed by atoms with van der Waals surface area (Å²) in [7, 11) is 2.86. The molecule has 0 fully saturated rings. The van der Waals surface area contributed by atoms with Crippen molar-refractivity contribution in [2.45, 2.75) is 6.73 Å². The summed E-state index contributed by atoms with van der Waals surface area (Å²) in [5.41, 5.74) is 0.204. The summed E-state index contributed by atoms with van der Waals surface area (Å²) < 4.78 is 16.4. The molecule has 134 valence electrons. The van der Waals surface area contributed by atoms with Crippen LogP contribution in [0, 0.1) is 0 Å². The molecule has 3 rings (SSSR count). The van der Waals surface area contributed by atoms with E-state index in [4.69, 9.17) is 25.8 Å². The third-order valence-electron chi connectivity index (χ3n) is 3.62. The van der Waals surface area contributed by atoms with Crippen LogP contribution in [0.4, 0.5) is 0 Å².